The predicted octanol–water partition coefficient (Wildman–Crippen LogP) is 3.35. The largest absolute Gasteiger partial charge is 0.382 e. The zero-order valence-corrected chi connectivity index (χ0v) is 11.6. The van der Waals surface area contributed by atoms with E-state index >= 15 is 0 Å². The van der Waals surface area contributed by atoms with E-state index in [1.165, 1.54) is 0 Å². The Morgan fingerprint density at radius 1 is 1.31 bits per heavy atom. The lowest BCUT2D eigenvalue weighted by atomic mass is 10.3. The van der Waals surface area contributed by atoms with E-state index in [0.717, 1.165) is 17.3 Å². The number of unbranched alkanes of at least 4 members (excludes halogenated alkanes) is 2. The van der Waals surface area contributed by atoms with Crippen molar-refractivity contribution in [2.45, 2.75) is 26.2 Å². The second-order valence-corrected chi connectivity index (χ2v) is 6.12. The predicted molar refractivity (Wildman–Crippen MR) is 68.1 cm³/mol. The summed E-state index contributed by atoms with van der Waals surface area (Å²) in [6.07, 6.45) is 2.54. The van der Waals surface area contributed by atoms with E-state index < -0.39 is 10.1 Å². The molecular formula is C11H15BrO3S. The van der Waals surface area contributed by atoms with Crippen molar-refractivity contribution in [2.24, 2.45) is 0 Å². The molecular weight excluding hydrogens is 292 g/mol. The molecule has 0 N–H and O–H groups in total. The quantitative estimate of drug-likeness (QED) is 0.598. The molecule has 0 unspecified atom stereocenters. The van der Waals surface area contributed by atoms with Crippen LogP contribution in [0.1, 0.15) is 26.2 Å². The van der Waals surface area contributed by atoms with Crippen LogP contribution in [-0.4, -0.2) is 14.2 Å². The average Bonchev–Trinajstić information content (AvgIpc) is 2.17. The molecule has 0 amide bonds. The molecule has 0 heterocycles. The fraction of sp³-hybridized carbons (Fsp3) is 0.455. The molecule has 0 aliphatic rings. The van der Waals surface area contributed by atoms with E-state index in [0.29, 0.717) is 12.2 Å². The van der Waals surface area contributed by atoms with E-state index in [9.17, 15) is 8.42 Å². The molecule has 1 rings (SSSR count). The topological polar surface area (TPSA) is 43.4 Å². The maximum atomic E-state index is 11.5. The first-order valence-electron chi connectivity index (χ1n) is 5.21. The van der Waals surface area contributed by atoms with Crippen LogP contribution in [0.25, 0.3) is 0 Å². The van der Waals surface area contributed by atoms with Gasteiger partial charge in [-0.3, -0.25) is 0 Å². The SMILES string of the molecule is CCCCCS(=O)(=O)Oc1cccc(Br)c1. The number of rotatable bonds is 6. The van der Waals surface area contributed by atoms with Crippen LogP contribution in [0.2, 0.25) is 0 Å². The minimum Gasteiger partial charge on any atom is -0.382 e. The van der Waals surface area contributed by atoms with E-state index in [1.807, 2.05) is 13.0 Å². The summed E-state index contributed by atoms with van der Waals surface area (Å²) in [6, 6.07) is 6.82. The lowest BCUT2D eigenvalue weighted by molar-refractivity contribution is 0.483. The third kappa shape index (κ3) is 4.99. The van der Waals surface area contributed by atoms with Gasteiger partial charge in [-0.05, 0) is 24.6 Å². The van der Waals surface area contributed by atoms with Crippen LogP contribution in [0.4, 0.5) is 0 Å². The van der Waals surface area contributed by atoms with Crippen molar-refractivity contribution in [3.8, 4) is 5.75 Å². The highest BCUT2D eigenvalue weighted by atomic mass is 79.9. The maximum Gasteiger partial charge on any atom is 0.309 e. The van der Waals surface area contributed by atoms with Crippen molar-refractivity contribution in [3.63, 3.8) is 0 Å². The Bertz CT molecular complexity index is 429. The van der Waals surface area contributed by atoms with Crippen LogP contribution in [0.3, 0.4) is 0 Å². The van der Waals surface area contributed by atoms with E-state index in [4.69, 9.17) is 4.18 Å². The molecule has 0 aliphatic heterocycles. The van der Waals surface area contributed by atoms with Gasteiger partial charge in [0.2, 0.25) is 0 Å². The zero-order valence-electron chi connectivity index (χ0n) is 9.15. The van der Waals surface area contributed by atoms with Gasteiger partial charge in [0.05, 0.1) is 5.75 Å². The third-order valence-corrected chi connectivity index (χ3v) is 3.75. The number of hydrogen-bond donors (Lipinski definition) is 0. The Morgan fingerprint density at radius 3 is 2.69 bits per heavy atom. The number of hydrogen-bond acceptors (Lipinski definition) is 3. The summed E-state index contributed by atoms with van der Waals surface area (Å²) in [4.78, 5) is 0. The normalized spacial score (nSPS) is 11.4. The Labute approximate surface area is 105 Å². The van der Waals surface area contributed by atoms with E-state index in [1.54, 1.807) is 18.2 Å². The van der Waals surface area contributed by atoms with Crippen LogP contribution in [-0.2, 0) is 10.1 Å². The van der Waals surface area contributed by atoms with Gasteiger partial charge in [-0.15, -0.1) is 0 Å². The van der Waals surface area contributed by atoms with Gasteiger partial charge in [0.25, 0.3) is 0 Å². The summed E-state index contributed by atoms with van der Waals surface area (Å²) in [5.41, 5.74) is 0. The first kappa shape index (κ1) is 13.5. The molecule has 0 atom stereocenters. The molecule has 1 aromatic carbocycles. The highest BCUT2D eigenvalue weighted by molar-refractivity contribution is 9.10. The monoisotopic (exact) mass is 306 g/mol. The lowest BCUT2D eigenvalue weighted by Crippen LogP contribution is -2.13. The molecule has 90 valence electrons. The second-order valence-electron chi connectivity index (χ2n) is 3.51. The molecule has 3 nitrogen and oxygen atoms in total. The standard InChI is InChI=1S/C11H15BrO3S/c1-2-3-4-8-16(13,14)15-11-7-5-6-10(12)9-11/h5-7,9H,2-4,8H2,1H3. The number of halogens is 1. The van der Waals surface area contributed by atoms with Gasteiger partial charge >= 0.3 is 10.1 Å². The smallest absolute Gasteiger partial charge is 0.309 e. The molecule has 16 heavy (non-hydrogen) atoms. The van der Waals surface area contributed by atoms with Crippen molar-refractivity contribution in [3.05, 3.63) is 28.7 Å². The van der Waals surface area contributed by atoms with Gasteiger partial charge < -0.3 is 4.18 Å². The Hall–Kier alpha value is -0.550. The second kappa shape index (κ2) is 6.25. The van der Waals surface area contributed by atoms with E-state index in [-0.39, 0.29) is 5.75 Å². The van der Waals surface area contributed by atoms with Gasteiger partial charge in [-0.1, -0.05) is 41.8 Å². The van der Waals surface area contributed by atoms with Crippen LogP contribution < -0.4 is 4.18 Å². The first-order valence-corrected chi connectivity index (χ1v) is 7.58. The van der Waals surface area contributed by atoms with Gasteiger partial charge in [0.1, 0.15) is 5.75 Å². The molecule has 0 fully saturated rings. The van der Waals surface area contributed by atoms with Crippen LogP contribution in [0.5, 0.6) is 5.75 Å². The maximum absolute atomic E-state index is 11.5. The summed E-state index contributed by atoms with van der Waals surface area (Å²) in [5.74, 6) is 0.429. The molecule has 0 spiro atoms. The number of benzene rings is 1. The third-order valence-electron chi connectivity index (χ3n) is 2.02. The molecule has 0 bridgehead atoms. The van der Waals surface area contributed by atoms with Crippen molar-refractivity contribution in [2.75, 3.05) is 5.75 Å². The summed E-state index contributed by atoms with van der Waals surface area (Å²) in [5, 5.41) is 0. The minimum absolute atomic E-state index is 0.0767. The first-order chi connectivity index (χ1) is 7.53. The summed E-state index contributed by atoms with van der Waals surface area (Å²) in [7, 11) is -3.44. The molecule has 5 heteroatoms. The molecule has 0 saturated heterocycles. The molecule has 0 saturated carbocycles. The van der Waals surface area contributed by atoms with Crippen molar-refractivity contribution < 1.29 is 12.6 Å². The zero-order chi connectivity index (χ0) is 12.0. The van der Waals surface area contributed by atoms with Gasteiger partial charge in [0.15, 0.2) is 0 Å². The van der Waals surface area contributed by atoms with Gasteiger partial charge in [0, 0.05) is 4.47 Å². The Morgan fingerprint density at radius 2 is 2.06 bits per heavy atom. The van der Waals surface area contributed by atoms with Crippen LogP contribution in [0, 0.1) is 0 Å². The van der Waals surface area contributed by atoms with E-state index in [2.05, 4.69) is 15.9 Å². The average molecular weight is 307 g/mol. The Kier molecular flexibility index (Phi) is 5.28. The molecule has 0 radical (unpaired) electrons. The fourth-order valence-corrected chi connectivity index (χ4v) is 2.65. The fourth-order valence-electron chi connectivity index (χ4n) is 1.24. The summed E-state index contributed by atoms with van der Waals surface area (Å²) >= 11 is 3.26. The van der Waals surface area contributed by atoms with Crippen LogP contribution in [0.15, 0.2) is 28.7 Å². The molecule has 1 aromatic rings. The minimum atomic E-state index is -3.44. The van der Waals surface area contributed by atoms with Crippen molar-refractivity contribution >= 4 is 26.0 Å². The van der Waals surface area contributed by atoms with Gasteiger partial charge in [-0.2, -0.15) is 8.42 Å². The Balaban J connectivity index is 2.59. The van der Waals surface area contributed by atoms with Crippen molar-refractivity contribution in [1.29, 1.82) is 0 Å². The molecule has 0 aliphatic carbocycles. The lowest BCUT2D eigenvalue weighted by Gasteiger charge is -2.06. The summed E-state index contributed by atoms with van der Waals surface area (Å²) < 4.78 is 28.9. The highest BCUT2D eigenvalue weighted by Gasteiger charge is 2.12. The molecule has 0 aromatic heterocycles. The summed E-state index contributed by atoms with van der Waals surface area (Å²) in [6.45, 7) is 2.03. The van der Waals surface area contributed by atoms with Gasteiger partial charge in [-0.25, -0.2) is 0 Å². The highest BCUT2D eigenvalue weighted by Crippen LogP contribution is 2.19. The van der Waals surface area contributed by atoms with Crippen molar-refractivity contribution in [1.82, 2.24) is 0 Å². The van der Waals surface area contributed by atoms with Crippen LogP contribution >= 0.6 is 15.9 Å².